The lowest BCUT2D eigenvalue weighted by Crippen LogP contribution is -2.10. The smallest absolute Gasteiger partial charge is 0.0410 e. The Morgan fingerprint density at radius 2 is 2.20 bits per heavy atom. The molecule has 0 bridgehead atoms. The number of halogens is 3. The minimum absolute atomic E-state index is 0. The molecule has 0 amide bonds. The summed E-state index contributed by atoms with van der Waals surface area (Å²) < 4.78 is 1.01. The van der Waals surface area contributed by atoms with Crippen molar-refractivity contribution in [1.82, 2.24) is 0 Å². The summed E-state index contributed by atoms with van der Waals surface area (Å²) in [5, 5.41) is 0.720. The van der Waals surface area contributed by atoms with Crippen LogP contribution in [0.2, 0.25) is 5.02 Å². The summed E-state index contributed by atoms with van der Waals surface area (Å²) in [4.78, 5) is 0. The van der Waals surface area contributed by atoms with Crippen molar-refractivity contribution < 1.29 is 0 Å². The van der Waals surface area contributed by atoms with E-state index in [0.29, 0.717) is 0 Å². The van der Waals surface area contributed by atoms with Gasteiger partial charge in [0.1, 0.15) is 0 Å². The molecule has 1 aromatic rings. The molecular weight excluding hydrogens is 297 g/mol. The van der Waals surface area contributed by atoms with Gasteiger partial charge in [-0.05, 0) is 36.6 Å². The quantitative estimate of drug-likeness (QED) is 0.815. The standard InChI is InChI=1S/C11H13BrClN.ClH/c1-2-3-4-11(14)9-7-8(13)5-6-10(9)12;/h2,5-7,11H,1,3-4,14H2;1H/t11-;/m0./s1. The number of hydrogen-bond donors (Lipinski definition) is 1. The maximum absolute atomic E-state index is 6.01. The van der Waals surface area contributed by atoms with Crippen LogP contribution in [-0.2, 0) is 0 Å². The Labute approximate surface area is 110 Å². The summed E-state index contributed by atoms with van der Waals surface area (Å²) in [7, 11) is 0. The zero-order chi connectivity index (χ0) is 10.6. The van der Waals surface area contributed by atoms with Crippen molar-refractivity contribution in [3.8, 4) is 0 Å². The average molecular weight is 311 g/mol. The van der Waals surface area contributed by atoms with Gasteiger partial charge in [0, 0.05) is 15.5 Å². The van der Waals surface area contributed by atoms with Gasteiger partial charge in [0.05, 0.1) is 0 Å². The van der Waals surface area contributed by atoms with Crippen LogP contribution in [0.25, 0.3) is 0 Å². The van der Waals surface area contributed by atoms with Gasteiger partial charge in [-0.1, -0.05) is 33.6 Å². The number of benzene rings is 1. The topological polar surface area (TPSA) is 26.0 Å². The molecule has 15 heavy (non-hydrogen) atoms. The Kier molecular flexibility index (Phi) is 7.28. The van der Waals surface area contributed by atoms with Crippen LogP contribution in [-0.4, -0.2) is 0 Å². The van der Waals surface area contributed by atoms with Crippen molar-refractivity contribution in [3.05, 3.63) is 45.9 Å². The first kappa shape index (κ1) is 15.0. The molecule has 0 fully saturated rings. The van der Waals surface area contributed by atoms with Crippen molar-refractivity contribution in [3.63, 3.8) is 0 Å². The van der Waals surface area contributed by atoms with Crippen molar-refractivity contribution in [2.24, 2.45) is 5.73 Å². The van der Waals surface area contributed by atoms with Gasteiger partial charge in [0.2, 0.25) is 0 Å². The molecule has 0 aliphatic rings. The number of rotatable bonds is 4. The fourth-order valence-corrected chi connectivity index (χ4v) is 1.97. The van der Waals surface area contributed by atoms with Crippen LogP contribution >= 0.6 is 39.9 Å². The number of nitrogens with two attached hydrogens (primary N) is 1. The van der Waals surface area contributed by atoms with E-state index in [1.807, 2.05) is 24.3 Å². The maximum Gasteiger partial charge on any atom is 0.0410 e. The molecule has 1 atom stereocenters. The van der Waals surface area contributed by atoms with Gasteiger partial charge in [-0.15, -0.1) is 19.0 Å². The van der Waals surface area contributed by atoms with Crippen molar-refractivity contribution in [1.29, 1.82) is 0 Å². The number of allylic oxidation sites excluding steroid dienone is 1. The second kappa shape index (κ2) is 7.29. The SMILES string of the molecule is C=CCC[C@H](N)c1cc(Cl)ccc1Br.Cl. The van der Waals surface area contributed by atoms with Crippen LogP contribution in [0.4, 0.5) is 0 Å². The van der Waals surface area contributed by atoms with Gasteiger partial charge < -0.3 is 5.73 Å². The van der Waals surface area contributed by atoms with E-state index < -0.39 is 0 Å². The molecule has 1 aromatic carbocycles. The second-order valence-corrected chi connectivity index (χ2v) is 4.43. The van der Waals surface area contributed by atoms with Crippen LogP contribution in [0, 0.1) is 0 Å². The van der Waals surface area contributed by atoms with Crippen LogP contribution in [0.3, 0.4) is 0 Å². The highest BCUT2D eigenvalue weighted by atomic mass is 79.9. The summed E-state index contributed by atoms with van der Waals surface area (Å²) in [6.07, 6.45) is 3.68. The highest BCUT2D eigenvalue weighted by Crippen LogP contribution is 2.27. The molecule has 1 nitrogen and oxygen atoms in total. The Bertz CT molecular complexity index is 328. The van der Waals surface area contributed by atoms with Gasteiger partial charge in [0.25, 0.3) is 0 Å². The molecule has 1 rings (SSSR count). The summed E-state index contributed by atoms with van der Waals surface area (Å²) in [5.41, 5.74) is 7.07. The van der Waals surface area contributed by atoms with Gasteiger partial charge in [-0.3, -0.25) is 0 Å². The first-order valence-electron chi connectivity index (χ1n) is 4.46. The summed E-state index contributed by atoms with van der Waals surface area (Å²) in [5.74, 6) is 0. The van der Waals surface area contributed by atoms with E-state index in [1.54, 1.807) is 0 Å². The molecule has 0 saturated carbocycles. The maximum atomic E-state index is 6.01. The fraction of sp³-hybridized carbons (Fsp3) is 0.273. The monoisotopic (exact) mass is 309 g/mol. The van der Waals surface area contributed by atoms with Gasteiger partial charge in [0.15, 0.2) is 0 Å². The summed E-state index contributed by atoms with van der Waals surface area (Å²) in [6, 6.07) is 5.68. The highest BCUT2D eigenvalue weighted by Gasteiger charge is 2.09. The predicted molar refractivity (Wildman–Crippen MR) is 72.8 cm³/mol. The molecule has 0 radical (unpaired) electrons. The predicted octanol–water partition coefficient (Wildman–Crippen LogP) is 4.49. The molecule has 0 aromatic heterocycles. The van der Waals surface area contributed by atoms with Gasteiger partial charge in [-0.25, -0.2) is 0 Å². The zero-order valence-electron chi connectivity index (χ0n) is 8.25. The van der Waals surface area contributed by atoms with Crippen LogP contribution < -0.4 is 5.73 Å². The van der Waals surface area contributed by atoms with E-state index in [1.165, 1.54) is 0 Å². The highest BCUT2D eigenvalue weighted by molar-refractivity contribution is 9.10. The molecule has 2 N–H and O–H groups in total. The molecule has 0 saturated heterocycles. The largest absolute Gasteiger partial charge is 0.324 e. The van der Waals surface area contributed by atoms with Crippen molar-refractivity contribution in [2.45, 2.75) is 18.9 Å². The van der Waals surface area contributed by atoms with Crippen molar-refractivity contribution >= 4 is 39.9 Å². The van der Waals surface area contributed by atoms with E-state index >= 15 is 0 Å². The Balaban J connectivity index is 0.00000196. The minimum atomic E-state index is 0. The third-order valence-corrected chi connectivity index (χ3v) is 3.00. The van der Waals surface area contributed by atoms with Crippen LogP contribution in [0.1, 0.15) is 24.4 Å². The van der Waals surface area contributed by atoms with Crippen molar-refractivity contribution in [2.75, 3.05) is 0 Å². The van der Waals surface area contributed by atoms with Gasteiger partial charge >= 0.3 is 0 Å². The molecule has 4 heteroatoms. The molecule has 0 heterocycles. The Morgan fingerprint density at radius 3 is 2.80 bits per heavy atom. The lowest BCUT2D eigenvalue weighted by atomic mass is 10.0. The molecular formula is C11H14BrCl2N. The minimum Gasteiger partial charge on any atom is -0.324 e. The Morgan fingerprint density at radius 1 is 1.53 bits per heavy atom. The Hall–Kier alpha value is -0.0200. The van der Waals surface area contributed by atoms with Crippen LogP contribution in [0.5, 0.6) is 0 Å². The zero-order valence-corrected chi connectivity index (χ0v) is 11.4. The molecule has 0 spiro atoms. The second-order valence-electron chi connectivity index (χ2n) is 3.14. The lowest BCUT2D eigenvalue weighted by molar-refractivity contribution is 0.659. The molecule has 0 unspecified atom stereocenters. The normalized spacial score (nSPS) is 11.7. The number of hydrogen-bond acceptors (Lipinski definition) is 1. The van der Waals surface area contributed by atoms with E-state index in [0.717, 1.165) is 27.9 Å². The molecule has 0 aliphatic heterocycles. The lowest BCUT2D eigenvalue weighted by Gasteiger charge is -2.13. The molecule has 84 valence electrons. The van der Waals surface area contributed by atoms with E-state index in [9.17, 15) is 0 Å². The first-order chi connectivity index (χ1) is 6.65. The van der Waals surface area contributed by atoms with E-state index in [2.05, 4.69) is 22.5 Å². The van der Waals surface area contributed by atoms with Gasteiger partial charge in [-0.2, -0.15) is 0 Å². The third kappa shape index (κ3) is 4.56. The van der Waals surface area contributed by atoms with E-state index in [4.69, 9.17) is 17.3 Å². The summed E-state index contributed by atoms with van der Waals surface area (Å²) >= 11 is 9.36. The average Bonchev–Trinajstić information content (AvgIpc) is 2.18. The third-order valence-electron chi connectivity index (χ3n) is 2.04. The van der Waals surface area contributed by atoms with Crippen LogP contribution in [0.15, 0.2) is 35.3 Å². The first-order valence-corrected chi connectivity index (χ1v) is 5.63. The molecule has 0 aliphatic carbocycles. The fourth-order valence-electron chi connectivity index (χ4n) is 1.25. The summed E-state index contributed by atoms with van der Waals surface area (Å²) in [6.45, 7) is 3.67. The van der Waals surface area contributed by atoms with E-state index in [-0.39, 0.29) is 18.4 Å².